The molecular weight excluding hydrogens is 1070 g/mol. The van der Waals surface area contributed by atoms with Crippen LogP contribution in [0.15, 0.2) is 288 Å². The average molecular weight is 1130 g/mol. The van der Waals surface area contributed by atoms with E-state index in [2.05, 4.69) is 234 Å². The van der Waals surface area contributed by atoms with Crippen molar-refractivity contribution in [1.29, 1.82) is 0 Å². The lowest BCUT2D eigenvalue weighted by Gasteiger charge is -2.15. The molecule has 0 unspecified atom stereocenters. The molecule has 1 aliphatic rings. The maximum atomic E-state index is 6.51. The molecule has 0 amide bonds. The Hall–Kier alpha value is -11.7. The zero-order chi connectivity index (χ0) is 57.8. The minimum absolute atomic E-state index is 0.630. The number of furan rings is 2. The highest BCUT2D eigenvalue weighted by atomic mass is 16.3. The van der Waals surface area contributed by atoms with E-state index in [9.17, 15) is 0 Å². The van der Waals surface area contributed by atoms with Crippen molar-refractivity contribution < 1.29 is 8.83 Å². The van der Waals surface area contributed by atoms with Gasteiger partial charge in [-0.1, -0.05) is 212 Å². The third kappa shape index (κ3) is 8.09. The number of fused-ring (bicyclic) bond motifs is 12. The molecule has 0 radical (unpaired) electrons. The van der Waals surface area contributed by atoms with Crippen LogP contribution >= 0.6 is 0 Å². The molecule has 0 aliphatic heterocycles. The molecule has 0 bridgehead atoms. The molecule has 412 valence electrons. The van der Waals surface area contributed by atoms with Gasteiger partial charge in [0.2, 0.25) is 0 Å². The van der Waals surface area contributed by atoms with Gasteiger partial charge in [-0.05, 0) is 119 Å². The second-order valence-electron chi connectivity index (χ2n) is 22.9. The van der Waals surface area contributed by atoms with Crippen molar-refractivity contribution in [2.75, 3.05) is 0 Å². The monoisotopic (exact) mass is 1130 g/mol. The number of nitrogens with zero attached hydrogens (tertiary/aromatic N) is 5. The Balaban J connectivity index is 0.753. The van der Waals surface area contributed by atoms with Crippen molar-refractivity contribution in [3.8, 4) is 90.0 Å². The van der Waals surface area contributed by atoms with Crippen molar-refractivity contribution >= 4 is 82.7 Å². The van der Waals surface area contributed by atoms with E-state index in [4.69, 9.17) is 23.8 Å². The van der Waals surface area contributed by atoms with Gasteiger partial charge in [0, 0.05) is 88.2 Å². The van der Waals surface area contributed by atoms with E-state index in [1.807, 2.05) is 60.7 Å². The van der Waals surface area contributed by atoms with Gasteiger partial charge in [-0.2, -0.15) is 0 Å². The Morgan fingerprint density at radius 1 is 0.295 bits per heavy atom. The number of rotatable bonds is 9. The summed E-state index contributed by atoms with van der Waals surface area (Å²) in [5, 5.41) is 8.08. The molecule has 7 nitrogen and oxygen atoms in total. The fraction of sp³-hybridized carbons (Fsp3) is 0.0247. The van der Waals surface area contributed by atoms with Crippen LogP contribution in [0.4, 0.5) is 0 Å². The van der Waals surface area contributed by atoms with Crippen LogP contribution in [0.25, 0.3) is 173 Å². The molecule has 18 rings (SSSR count). The lowest BCUT2D eigenvalue weighted by atomic mass is 9.97. The van der Waals surface area contributed by atoms with Crippen LogP contribution in [-0.2, 0) is 6.42 Å². The Morgan fingerprint density at radius 3 is 1.32 bits per heavy atom. The number of hydrogen-bond acceptors (Lipinski definition) is 5. The molecule has 0 atom stereocenters. The van der Waals surface area contributed by atoms with E-state index in [1.165, 1.54) is 27.4 Å². The van der Waals surface area contributed by atoms with Gasteiger partial charge in [0.15, 0.2) is 17.5 Å². The molecule has 1 aliphatic carbocycles. The summed E-state index contributed by atoms with van der Waals surface area (Å²) in [5.74, 6) is 1.91. The standard InChI is InChI=1S/C81H51N5O2/c1-3-16-53(17-4-1)79-82-80(54-18-5-2-6-19-54)84-81(83-79)58-20-13-21-60(46-58)86-71-29-10-7-22-63(71)68-48-56(39-44-72(68)86)57-40-45-74-70(49-57)69-47-55(50-32-34-51(35-33-50)61-25-14-27-66-64-23-8-11-30-75(64)87-77(61)66)38-43-73(69)85(74)59-41-36-52(37-42-59)62-26-15-28-67-65-24-9-12-31-76(65)88-78(62)67/h1-9,11-28,30-49H,10,29H2. The number of para-hydroxylation sites is 4. The smallest absolute Gasteiger partial charge is 0.164 e. The normalized spacial score (nSPS) is 12.4. The molecule has 17 aromatic rings. The Bertz CT molecular complexity index is 5610. The highest BCUT2D eigenvalue weighted by Gasteiger charge is 2.23. The largest absolute Gasteiger partial charge is 0.455 e. The van der Waals surface area contributed by atoms with Crippen molar-refractivity contribution in [2.24, 2.45) is 0 Å². The van der Waals surface area contributed by atoms with Crippen LogP contribution in [-0.4, -0.2) is 24.1 Å². The van der Waals surface area contributed by atoms with Crippen molar-refractivity contribution in [2.45, 2.75) is 12.8 Å². The quantitative estimate of drug-likeness (QED) is 0.144. The van der Waals surface area contributed by atoms with Crippen LogP contribution in [0.1, 0.15) is 17.7 Å². The van der Waals surface area contributed by atoms with Crippen LogP contribution in [0.3, 0.4) is 0 Å². The van der Waals surface area contributed by atoms with E-state index < -0.39 is 0 Å². The summed E-state index contributed by atoms with van der Waals surface area (Å²) < 4.78 is 17.9. The molecular formula is C81H51N5O2. The van der Waals surface area contributed by atoms with Gasteiger partial charge in [0.05, 0.1) is 16.6 Å². The van der Waals surface area contributed by atoms with Crippen LogP contribution < -0.4 is 0 Å². The predicted octanol–water partition coefficient (Wildman–Crippen LogP) is 21.3. The minimum Gasteiger partial charge on any atom is -0.455 e. The molecule has 0 spiro atoms. The SMILES string of the molecule is C1=Cc2c(n(-c3cccc(-c4nc(-c5ccccc5)nc(-c5ccccc5)n4)c3)c3ccc(-c4ccc5c(c4)c4cc(-c6ccc(-c7cccc8c7oc7ccccc78)cc6)ccc4n5-c4ccc(-c5cccc6c5oc5ccccc56)cc4)cc23)CC1. The highest BCUT2D eigenvalue weighted by Crippen LogP contribution is 2.43. The first-order valence-corrected chi connectivity index (χ1v) is 30.0. The number of allylic oxidation sites excluding steroid dienone is 1. The van der Waals surface area contributed by atoms with E-state index in [0.29, 0.717) is 17.5 Å². The lowest BCUT2D eigenvalue weighted by molar-refractivity contribution is 0.669. The molecule has 0 fully saturated rings. The Labute approximate surface area is 506 Å². The van der Waals surface area contributed by atoms with Gasteiger partial charge in [0.1, 0.15) is 22.3 Å². The summed E-state index contributed by atoms with van der Waals surface area (Å²) in [4.78, 5) is 15.2. The Kier molecular flexibility index (Phi) is 11.3. The van der Waals surface area contributed by atoms with Crippen LogP contribution in [0, 0.1) is 0 Å². The molecule has 7 heteroatoms. The molecule has 0 N–H and O–H groups in total. The maximum absolute atomic E-state index is 6.51. The molecule has 12 aromatic carbocycles. The predicted molar refractivity (Wildman–Crippen MR) is 361 cm³/mol. The van der Waals surface area contributed by atoms with Crippen LogP contribution in [0.2, 0.25) is 0 Å². The van der Waals surface area contributed by atoms with Gasteiger partial charge in [-0.25, -0.2) is 15.0 Å². The van der Waals surface area contributed by atoms with Crippen molar-refractivity contribution in [3.05, 3.63) is 290 Å². The molecule has 0 saturated carbocycles. The average Bonchev–Trinajstić information content (AvgIpc) is 2.09. The number of benzene rings is 12. The zero-order valence-corrected chi connectivity index (χ0v) is 47.6. The molecule has 5 heterocycles. The minimum atomic E-state index is 0.630. The summed E-state index contributed by atoms with van der Waals surface area (Å²) >= 11 is 0. The van der Waals surface area contributed by atoms with E-state index in [-0.39, 0.29) is 0 Å². The maximum Gasteiger partial charge on any atom is 0.164 e. The van der Waals surface area contributed by atoms with Crippen LogP contribution in [0.5, 0.6) is 0 Å². The summed E-state index contributed by atoms with van der Waals surface area (Å²) in [6, 6.07) is 97.3. The first-order valence-electron chi connectivity index (χ1n) is 30.0. The van der Waals surface area contributed by atoms with E-state index in [0.717, 1.165) is 146 Å². The summed E-state index contributed by atoms with van der Waals surface area (Å²) in [7, 11) is 0. The Morgan fingerprint density at radius 2 is 0.739 bits per heavy atom. The zero-order valence-electron chi connectivity index (χ0n) is 47.6. The molecule has 88 heavy (non-hydrogen) atoms. The van der Waals surface area contributed by atoms with E-state index in [1.54, 1.807) is 0 Å². The number of aromatic nitrogens is 5. The third-order valence-corrected chi connectivity index (χ3v) is 17.9. The first-order chi connectivity index (χ1) is 43.6. The van der Waals surface area contributed by atoms with Gasteiger partial charge < -0.3 is 18.0 Å². The van der Waals surface area contributed by atoms with Gasteiger partial charge in [-0.3, -0.25) is 0 Å². The second-order valence-corrected chi connectivity index (χ2v) is 22.9. The third-order valence-electron chi connectivity index (χ3n) is 17.9. The topological polar surface area (TPSA) is 74.8 Å². The van der Waals surface area contributed by atoms with Gasteiger partial charge >= 0.3 is 0 Å². The van der Waals surface area contributed by atoms with Gasteiger partial charge in [-0.15, -0.1) is 0 Å². The fourth-order valence-corrected chi connectivity index (χ4v) is 13.7. The van der Waals surface area contributed by atoms with Crippen molar-refractivity contribution in [3.63, 3.8) is 0 Å². The fourth-order valence-electron chi connectivity index (χ4n) is 13.7. The highest BCUT2D eigenvalue weighted by molar-refractivity contribution is 6.13. The molecule has 0 saturated heterocycles. The second kappa shape index (κ2) is 20.0. The van der Waals surface area contributed by atoms with E-state index >= 15 is 0 Å². The van der Waals surface area contributed by atoms with Gasteiger partial charge in [0.25, 0.3) is 0 Å². The van der Waals surface area contributed by atoms with Crippen molar-refractivity contribution in [1.82, 2.24) is 24.1 Å². The summed E-state index contributed by atoms with van der Waals surface area (Å²) in [5.41, 5.74) is 23.5. The summed E-state index contributed by atoms with van der Waals surface area (Å²) in [6.07, 6.45) is 6.53. The number of hydrogen-bond donors (Lipinski definition) is 0. The lowest BCUT2D eigenvalue weighted by Crippen LogP contribution is -2.04. The molecule has 5 aromatic heterocycles. The summed E-state index contributed by atoms with van der Waals surface area (Å²) in [6.45, 7) is 0. The first kappa shape index (κ1) is 49.7.